The van der Waals surface area contributed by atoms with Crippen LogP contribution in [0.2, 0.25) is 5.02 Å². The number of rotatable bonds is 14. The van der Waals surface area contributed by atoms with Crippen LogP contribution in [-0.2, 0) is 24.4 Å². The smallest absolute Gasteiger partial charge is 0.246 e. The number of carbonyl (C=O) groups is 1. The number of hydrogen-bond acceptors (Lipinski definition) is 7. The first kappa shape index (κ1) is 38.1. The number of nitriles is 1. The van der Waals surface area contributed by atoms with Gasteiger partial charge in [0.05, 0.1) is 29.5 Å². The van der Waals surface area contributed by atoms with E-state index in [0.29, 0.717) is 60.2 Å². The first-order chi connectivity index (χ1) is 26.2. The summed E-state index contributed by atoms with van der Waals surface area (Å²) >= 11 is 6.63. The quantitative estimate of drug-likeness (QED) is 0.105. The molecule has 1 saturated heterocycles. The largest absolute Gasteiger partial charge is 0.493 e. The summed E-state index contributed by atoms with van der Waals surface area (Å²) in [4.78, 5) is 21.7. The molecule has 276 valence electrons. The highest BCUT2D eigenvalue weighted by Gasteiger charge is 2.20. The van der Waals surface area contributed by atoms with Crippen LogP contribution >= 0.6 is 11.6 Å². The highest BCUT2D eigenvalue weighted by molar-refractivity contribution is 6.32. The van der Waals surface area contributed by atoms with Gasteiger partial charge in [0, 0.05) is 51.3 Å². The molecule has 0 saturated carbocycles. The minimum Gasteiger partial charge on any atom is -0.493 e. The van der Waals surface area contributed by atoms with Crippen molar-refractivity contribution in [3.05, 3.63) is 153 Å². The second kappa shape index (κ2) is 18.4. The van der Waals surface area contributed by atoms with Gasteiger partial charge in [-0.25, -0.2) is 4.98 Å². The Hall–Kier alpha value is -5.62. The van der Waals surface area contributed by atoms with E-state index in [1.54, 1.807) is 48.7 Å². The van der Waals surface area contributed by atoms with Crippen molar-refractivity contribution in [2.45, 2.75) is 46.3 Å². The van der Waals surface area contributed by atoms with E-state index in [4.69, 9.17) is 31.1 Å². The van der Waals surface area contributed by atoms with E-state index in [1.165, 1.54) is 16.7 Å². The van der Waals surface area contributed by atoms with Crippen molar-refractivity contribution in [1.82, 2.24) is 14.8 Å². The first-order valence-electron chi connectivity index (χ1n) is 18.3. The third-order valence-electron chi connectivity index (χ3n) is 9.39. The number of benzene rings is 4. The number of aromatic nitrogens is 1. The van der Waals surface area contributed by atoms with Crippen molar-refractivity contribution in [2.24, 2.45) is 0 Å². The minimum atomic E-state index is -0.0168. The molecule has 1 aliphatic rings. The van der Waals surface area contributed by atoms with E-state index < -0.39 is 0 Å². The molecular weight excluding hydrogens is 696 g/mol. The lowest BCUT2D eigenvalue weighted by molar-refractivity contribution is -0.127. The van der Waals surface area contributed by atoms with Gasteiger partial charge in [-0.2, -0.15) is 5.26 Å². The summed E-state index contributed by atoms with van der Waals surface area (Å²) in [6.45, 7) is 11.1. The van der Waals surface area contributed by atoms with Gasteiger partial charge in [-0.3, -0.25) is 9.69 Å². The van der Waals surface area contributed by atoms with E-state index >= 15 is 0 Å². The van der Waals surface area contributed by atoms with Gasteiger partial charge in [-0.05, 0) is 94.8 Å². The van der Waals surface area contributed by atoms with Gasteiger partial charge in [-0.15, -0.1) is 0 Å². The maximum atomic E-state index is 13.1. The highest BCUT2D eigenvalue weighted by atomic mass is 35.5. The van der Waals surface area contributed by atoms with Gasteiger partial charge in [0.1, 0.15) is 18.1 Å². The lowest BCUT2D eigenvalue weighted by Crippen LogP contribution is -2.47. The van der Waals surface area contributed by atoms with E-state index in [9.17, 15) is 4.79 Å². The normalized spacial score (nSPS) is 13.2. The molecule has 0 radical (unpaired) electrons. The van der Waals surface area contributed by atoms with Crippen LogP contribution in [0.15, 0.2) is 109 Å². The molecular formula is C45H45ClN4O4. The molecule has 1 aromatic heterocycles. The molecule has 1 fully saturated rings. The third kappa shape index (κ3) is 10.7. The standard InChI is InChI=1S/C45H45ClN4O4/c1-32(2)39-13-15-40(16-14-39)52-25-20-34-4-8-36(9-5-34)30-49-21-23-50(24-22-49)44(51)19-12-38-26-33(3)45(42(46)27-38)54-43-18-17-41(29-48-43)53-31-37-10-6-35(28-47)7-11-37/h4-19,26-27,29,32H,20-25,30-31H2,1-3H3/b19-12+. The number of ether oxygens (including phenoxy) is 3. The van der Waals surface area contributed by atoms with Gasteiger partial charge in [-0.1, -0.05) is 74.0 Å². The lowest BCUT2D eigenvalue weighted by Gasteiger charge is -2.34. The van der Waals surface area contributed by atoms with Crippen LogP contribution in [0.5, 0.6) is 23.1 Å². The molecule has 0 unspecified atom stereocenters. The Balaban J connectivity index is 0.921. The fraction of sp³-hybridized carbons (Fsp3) is 0.267. The van der Waals surface area contributed by atoms with Crippen LogP contribution in [0.1, 0.15) is 58.7 Å². The second-order valence-electron chi connectivity index (χ2n) is 13.8. The molecule has 1 aliphatic heterocycles. The molecule has 8 nitrogen and oxygen atoms in total. The predicted octanol–water partition coefficient (Wildman–Crippen LogP) is 9.39. The Labute approximate surface area is 323 Å². The molecule has 0 aliphatic carbocycles. The summed E-state index contributed by atoms with van der Waals surface area (Å²) in [6.07, 6.45) is 5.86. The van der Waals surface area contributed by atoms with Crippen molar-refractivity contribution in [2.75, 3.05) is 32.8 Å². The zero-order valence-corrected chi connectivity index (χ0v) is 31.8. The molecule has 6 rings (SSSR count). The number of piperazine rings is 1. The summed E-state index contributed by atoms with van der Waals surface area (Å²) in [5.41, 5.74) is 7.02. The van der Waals surface area contributed by atoms with Crippen molar-refractivity contribution in [3.63, 3.8) is 0 Å². The van der Waals surface area contributed by atoms with Crippen LogP contribution in [0.4, 0.5) is 0 Å². The van der Waals surface area contributed by atoms with Gasteiger partial charge >= 0.3 is 0 Å². The summed E-state index contributed by atoms with van der Waals surface area (Å²) in [5, 5.41) is 9.38. The Morgan fingerprint density at radius 2 is 1.56 bits per heavy atom. The zero-order chi connectivity index (χ0) is 37.9. The van der Waals surface area contributed by atoms with Crippen LogP contribution in [0.3, 0.4) is 0 Å². The Morgan fingerprint density at radius 1 is 0.870 bits per heavy atom. The van der Waals surface area contributed by atoms with Crippen molar-refractivity contribution < 1.29 is 19.0 Å². The van der Waals surface area contributed by atoms with E-state index in [1.807, 2.05) is 30.0 Å². The predicted molar refractivity (Wildman–Crippen MR) is 213 cm³/mol. The maximum Gasteiger partial charge on any atom is 0.246 e. The van der Waals surface area contributed by atoms with Crippen molar-refractivity contribution in [3.8, 4) is 29.2 Å². The van der Waals surface area contributed by atoms with Gasteiger partial charge in [0.25, 0.3) is 0 Å². The molecule has 1 amide bonds. The van der Waals surface area contributed by atoms with Gasteiger partial charge < -0.3 is 19.1 Å². The molecule has 2 heterocycles. The first-order valence-corrected chi connectivity index (χ1v) is 18.7. The average molecular weight is 741 g/mol. The minimum absolute atomic E-state index is 0.0168. The van der Waals surface area contributed by atoms with Gasteiger partial charge in [0.2, 0.25) is 11.8 Å². The molecule has 54 heavy (non-hydrogen) atoms. The van der Waals surface area contributed by atoms with Gasteiger partial charge in [0.15, 0.2) is 5.75 Å². The van der Waals surface area contributed by atoms with Crippen molar-refractivity contribution >= 4 is 23.6 Å². The number of pyridine rings is 1. The monoisotopic (exact) mass is 740 g/mol. The van der Waals surface area contributed by atoms with Crippen LogP contribution in [0.25, 0.3) is 6.08 Å². The average Bonchev–Trinajstić information content (AvgIpc) is 3.19. The molecule has 0 N–H and O–H groups in total. The van der Waals surface area contributed by atoms with Crippen LogP contribution in [-0.4, -0.2) is 53.5 Å². The Bertz CT molecular complexity index is 2040. The SMILES string of the molecule is Cc1cc(/C=C/C(=O)N2CCN(Cc3ccc(CCOc4ccc(C(C)C)cc4)cc3)CC2)cc(Cl)c1Oc1ccc(OCc2ccc(C#N)cc2)cn1. The summed E-state index contributed by atoms with van der Waals surface area (Å²) in [5.74, 6) is 2.88. The zero-order valence-electron chi connectivity index (χ0n) is 31.0. The van der Waals surface area contributed by atoms with Crippen LogP contribution < -0.4 is 14.2 Å². The van der Waals surface area contributed by atoms with E-state index in [2.05, 4.69) is 78.3 Å². The maximum absolute atomic E-state index is 13.1. The molecule has 0 atom stereocenters. The Morgan fingerprint density at radius 3 is 2.20 bits per heavy atom. The van der Waals surface area contributed by atoms with Crippen LogP contribution in [0, 0.1) is 18.3 Å². The number of aryl methyl sites for hydroxylation is 1. The summed E-state index contributed by atoms with van der Waals surface area (Å²) in [6, 6.07) is 33.7. The molecule has 5 aromatic rings. The molecule has 0 bridgehead atoms. The summed E-state index contributed by atoms with van der Waals surface area (Å²) in [7, 11) is 0. The topological polar surface area (TPSA) is 87.9 Å². The number of nitrogens with zero attached hydrogens (tertiary/aromatic N) is 4. The molecule has 0 spiro atoms. The van der Waals surface area contributed by atoms with Crippen molar-refractivity contribution in [1.29, 1.82) is 5.26 Å². The number of carbonyl (C=O) groups excluding carboxylic acids is 1. The lowest BCUT2D eigenvalue weighted by atomic mass is 10.0. The Kier molecular flexibility index (Phi) is 13.0. The molecule has 4 aromatic carbocycles. The fourth-order valence-corrected chi connectivity index (χ4v) is 6.46. The van der Waals surface area contributed by atoms with E-state index in [0.717, 1.165) is 48.5 Å². The molecule has 9 heteroatoms. The number of hydrogen-bond donors (Lipinski definition) is 0. The second-order valence-corrected chi connectivity index (χ2v) is 14.2. The fourth-order valence-electron chi connectivity index (χ4n) is 6.15. The summed E-state index contributed by atoms with van der Waals surface area (Å²) < 4.78 is 17.8. The third-order valence-corrected chi connectivity index (χ3v) is 9.67. The van der Waals surface area contributed by atoms with E-state index in [-0.39, 0.29) is 5.91 Å². The number of amides is 1. The highest BCUT2D eigenvalue weighted by Crippen LogP contribution is 2.34. The number of halogens is 1.